The van der Waals surface area contributed by atoms with E-state index in [0.717, 1.165) is 22.7 Å². The molecule has 8 heteroatoms. The Bertz CT molecular complexity index is 838. The number of amides is 1. The molecule has 0 aliphatic heterocycles. The van der Waals surface area contributed by atoms with Crippen LogP contribution in [0.2, 0.25) is 0 Å². The van der Waals surface area contributed by atoms with Crippen molar-refractivity contribution in [2.45, 2.75) is 6.92 Å². The SMILES string of the molecule is CCOc1cccc(NC(=O)CN(c2ccc(F)cc2)S(C)(=O)=O)c1. The standard InChI is InChI=1S/C17H19FN2O4S/c1-3-24-16-6-4-5-14(11-16)19-17(21)12-20(25(2,22)23)15-9-7-13(18)8-10-15/h4-11H,3,12H2,1-2H3,(H,19,21). The van der Waals surface area contributed by atoms with Crippen LogP contribution in [-0.4, -0.2) is 33.7 Å². The third kappa shape index (κ3) is 5.46. The maximum absolute atomic E-state index is 13.0. The summed E-state index contributed by atoms with van der Waals surface area (Å²) in [6, 6.07) is 11.7. The predicted molar refractivity (Wildman–Crippen MR) is 94.8 cm³/mol. The van der Waals surface area contributed by atoms with Gasteiger partial charge in [-0.25, -0.2) is 12.8 Å². The lowest BCUT2D eigenvalue weighted by Gasteiger charge is -2.22. The molecule has 0 heterocycles. The highest BCUT2D eigenvalue weighted by molar-refractivity contribution is 7.92. The zero-order valence-electron chi connectivity index (χ0n) is 13.9. The van der Waals surface area contributed by atoms with Crippen LogP contribution in [0.15, 0.2) is 48.5 Å². The van der Waals surface area contributed by atoms with Crippen molar-refractivity contribution in [1.29, 1.82) is 0 Å². The van der Waals surface area contributed by atoms with Crippen LogP contribution < -0.4 is 14.4 Å². The zero-order chi connectivity index (χ0) is 18.4. The number of ether oxygens (including phenoxy) is 1. The molecule has 0 fully saturated rings. The number of nitrogens with zero attached hydrogens (tertiary/aromatic N) is 1. The van der Waals surface area contributed by atoms with Crippen LogP contribution in [0.25, 0.3) is 0 Å². The van der Waals surface area contributed by atoms with Crippen LogP contribution in [0.1, 0.15) is 6.92 Å². The van der Waals surface area contributed by atoms with Crippen molar-refractivity contribution in [3.63, 3.8) is 0 Å². The van der Waals surface area contributed by atoms with Crippen LogP contribution in [0.4, 0.5) is 15.8 Å². The minimum absolute atomic E-state index is 0.210. The Balaban J connectivity index is 2.15. The first-order valence-corrected chi connectivity index (χ1v) is 9.40. The maximum Gasteiger partial charge on any atom is 0.245 e. The molecule has 1 N–H and O–H groups in total. The molecule has 0 saturated carbocycles. The van der Waals surface area contributed by atoms with Crippen LogP contribution in [0.5, 0.6) is 5.75 Å². The van der Waals surface area contributed by atoms with Crippen LogP contribution in [0, 0.1) is 5.82 Å². The molecule has 0 aliphatic rings. The Hall–Kier alpha value is -2.61. The molecule has 0 bridgehead atoms. The second-order valence-corrected chi connectivity index (χ2v) is 7.16. The van der Waals surface area contributed by atoms with Gasteiger partial charge in [0.2, 0.25) is 15.9 Å². The maximum atomic E-state index is 13.0. The highest BCUT2D eigenvalue weighted by atomic mass is 32.2. The van der Waals surface area contributed by atoms with E-state index in [9.17, 15) is 17.6 Å². The van der Waals surface area contributed by atoms with Gasteiger partial charge in [0, 0.05) is 11.8 Å². The molecule has 0 unspecified atom stereocenters. The minimum Gasteiger partial charge on any atom is -0.494 e. The summed E-state index contributed by atoms with van der Waals surface area (Å²) in [5.41, 5.74) is 0.700. The molecule has 134 valence electrons. The summed E-state index contributed by atoms with van der Waals surface area (Å²) in [5, 5.41) is 2.63. The van der Waals surface area contributed by atoms with E-state index in [1.165, 1.54) is 12.1 Å². The van der Waals surface area contributed by atoms with Gasteiger partial charge in [-0.15, -0.1) is 0 Å². The van der Waals surface area contributed by atoms with Gasteiger partial charge in [-0.1, -0.05) is 6.07 Å². The summed E-state index contributed by atoms with van der Waals surface area (Å²) in [7, 11) is -3.71. The highest BCUT2D eigenvalue weighted by Gasteiger charge is 2.21. The highest BCUT2D eigenvalue weighted by Crippen LogP contribution is 2.20. The van der Waals surface area contributed by atoms with Gasteiger partial charge in [-0.3, -0.25) is 9.10 Å². The zero-order valence-corrected chi connectivity index (χ0v) is 14.7. The second kappa shape index (κ2) is 7.98. The molecule has 2 rings (SSSR count). The van der Waals surface area contributed by atoms with Gasteiger partial charge < -0.3 is 10.1 Å². The first-order chi connectivity index (χ1) is 11.8. The fraction of sp³-hybridized carbons (Fsp3) is 0.235. The van der Waals surface area contributed by atoms with E-state index in [0.29, 0.717) is 18.0 Å². The third-order valence-electron chi connectivity index (χ3n) is 3.23. The summed E-state index contributed by atoms with van der Waals surface area (Å²) in [6.45, 7) is 1.91. The largest absolute Gasteiger partial charge is 0.494 e. The van der Waals surface area contributed by atoms with E-state index in [-0.39, 0.29) is 5.69 Å². The van der Waals surface area contributed by atoms with Crippen LogP contribution in [0.3, 0.4) is 0 Å². The fourth-order valence-corrected chi connectivity index (χ4v) is 3.03. The van der Waals surface area contributed by atoms with Gasteiger partial charge in [0.15, 0.2) is 0 Å². The lowest BCUT2D eigenvalue weighted by atomic mass is 10.3. The summed E-state index contributed by atoms with van der Waals surface area (Å²) < 4.78 is 43.3. The van der Waals surface area contributed by atoms with Crippen molar-refractivity contribution in [2.24, 2.45) is 0 Å². The van der Waals surface area contributed by atoms with Crippen molar-refractivity contribution < 1.29 is 22.3 Å². The molecule has 2 aromatic carbocycles. The van der Waals surface area contributed by atoms with Crippen LogP contribution >= 0.6 is 0 Å². The molecular weight excluding hydrogens is 347 g/mol. The smallest absolute Gasteiger partial charge is 0.245 e. The molecule has 0 radical (unpaired) electrons. The van der Waals surface area contributed by atoms with E-state index >= 15 is 0 Å². The first kappa shape index (κ1) is 18.7. The number of carbonyl (C=O) groups is 1. The van der Waals surface area contributed by atoms with Gasteiger partial charge in [0.1, 0.15) is 18.1 Å². The number of carbonyl (C=O) groups excluding carboxylic acids is 1. The number of hydrogen-bond donors (Lipinski definition) is 1. The monoisotopic (exact) mass is 366 g/mol. The van der Waals surface area contributed by atoms with E-state index in [4.69, 9.17) is 4.74 Å². The molecule has 25 heavy (non-hydrogen) atoms. The Morgan fingerprint density at radius 3 is 2.48 bits per heavy atom. The first-order valence-electron chi connectivity index (χ1n) is 7.55. The lowest BCUT2D eigenvalue weighted by Crippen LogP contribution is -2.37. The Morgan fingerprint density at radius 2 is 1.88 bits per heavy atom. The Kier molecular flexibility index (Phi) is 5.97. The predicted octanol–water partition coefficient (Wildman–Crippen LogP) is 2.63. The molecule has 2 aromatic rings. The molecule has 0 spiro atoms. The van der Waals surface area contributed by atoms with Gasteiger partial charge in [0.05, 0.1) is 18.6 Å². The van der Waals surface area contributed by atoms with Gasteiger partial charge >= 0.3 is 0 Å². The number of sulfonamides is 1. The van der Waals surface area contributed by atoms with E-state index < -0.39 is 28.3 Å². The summed E-state index contributed by atoms with van der Waals surface area (Å²) in [4.78, 5) is 12.2. The Morgan fingerprint density at radius 1 is 1.20 bits per heavy atom. The second-order valence-electron chi connectivity index (χ2n) is 5.26. The summed E-state index contributed by atoms with van der Waals surface area (Å²) in [6.07, 6.45) is 0.985. The Labute approximate surface area is 146 Å². The van der Waals surface area contributed by atoms with Crippen molar-refractivity contribution in [3.05, 3.63) is 54.3 Å². The van der Waals surface area contributed by atoms with E-state index in [1.54, 1.807) is 24.3 Å². The summed E-state index contributed by atoms with van der Waals surface area (Å²) >= 11 is 0. The van der Waals surface area contributed by atoms with Gasteiger partial charge in [-0.2, -0.15) is 0 Å². The normalized spacial score (nSPS) is 11.0. The van der Waals surface area contributed by atoms with Crippen molar-refractivity contribution in [1.82, 2.24) is 0 Å². The van der Waals surface area contributed by atoms with E-state index in [2.05, 4.69) is 5.32 Å². The molecule has 0 saturated heterocycles. The van der Waals surface area contributed by atoms with Crippen LogP contribution in [-0.2, 0) is 14.8 Å². The minimum atomic E-state index is -3.71. The fourth-order valence-electron chi connectivity index (χ4n) is 2.17. The number of benzene rings is 2. The van der Waals surface area contributed by atoms with Crippen molar-refractivity contribution in [2.75, 3.05) is 29.0 Å². The summed E-state index contributed by atoms with van der Waals surface area (Å²) in [5.74, 6) is -0.420. The molecule has 6 nitrogen and oxygen atoms in total. The van der Waals surface area contributed by atoms with Crippen molar-refractivity contribution >= 4 is 27.3 Å². The number of anilines is 2. The molecule has 0 aliphatic carbocycles. The molecule has 0 aromatic heterocycles. The van der Waals surface area contributed by atoms with Crippen molar-refractivity contribution in [3.8, 4) is 5.75 Å². The average Bonchev–Trinajstić information content (AvgIpc) is 2.53. The molecule has 0 atom stereocenters. The average molecular weight is 366 g/mol. The van der Waals surface area contributed by atoms with E-state index in [1.807, 2.05) is 6.92 Å². The number of hydrogen-bond acceptors (Lipinski definition) is 4. The quantitative estimate of drug-likeness (QED) is 0.817. The molecule has 1 amide bonds. The third-order valence-corrected chi connectivity index (χ3v) is 4.37. The topological polar surface area (TPSA) is 75.7 Å². The number of halogens is 1. The molecular formula is C17H19FN2O4S. The number of nitrogens with one attached hydrogen (secondary N) is 1. The van der Waals surface area contributed by atoms with Gasteiger partial charge in [-0.05, 0) is 43.3 Å². The van der Waals surface area contributed by atoms with Gasteiger partial charge in [0.25, 0.3) is 0 Å². The number of rotatable bonds is 7. The lowest BCUT2D eigenvalue weighted by molar-refractivity contribution is -0.114.